The van der Waals surface area contributed by atoms with Crippen LogP contribution in [0.5, 0.6) is 0 Å². The monoisotopic (exact) mass is 264 g/mol. The molecule has 0 fully saturated rings. The molecule has 0 bridgehead atoms. The van der Waals surface area contributed by atoms with E-state index in [9.17, 15) is 4.79 Å². The molecule has 2 aliphatic carbocycles. The van der Waals surface area contributed by atoms with Gasteiger partial charge in [0.1, 0.15) is 6.10 Å². The maximum Gasteiger partial charge on any atom is 0.303 e. The zero-order valence-corrected chi connectivity index (χ0v) is 13.2. The first kappa shape index (κ1) is 14.6. The molecule has 2 rings (SSSR count). The third-order valence-electron chi connectivity index (χ3n) is 5.02. The van der Waals surface area contributed by atoms with Crippen LogP contribution in [-0.2, 0) is 9.53 Å². The Hall–Kier alpha value is -0.790. The fourth-order valence-electron chi connectivity index (χ4n) is 4.06. The Bertz CT molecular complexity index is 403. The van der Waals surface area contributed by atoms with E-state index in [2.05, 4.69) is 34.6 Å². The Morgan fingerprint density at radius 3 is 2.53 bits per heavy atom. The van der Waals surface area contributed by atoms with Gasteiger partial charge in [-0.2, -0.15) is 0 Å². The van der Waals surface area contributed by atoms with Gasteiger partial charge in [0.05, 0.1) is 0 Å². The number of esters is 1. The molecule has 0 aromatic rings. The van der Waals surface area contributed by atoms with Crippen molar-refractivity contribution in [2.45, 2.75) is 66.9 Å². The van der Waals surface area contributed by atoms with E-state index in [0.717, 1.165) is 6.42 Å². The van der Waals surface area contributed by atoms with Gasteiger partial charge in [0, 0.05) is 12.3 Å². The van der Waals surface area contributed by atoms with Gasteiger partial charge in [-0.1, -0.05) is 40.2 Å². The molecule has 0 saturated carbocycles. The van der Waals surface area contributed by atoms with Gasteiger partial charge < -0.3 is 4.74 Å². The average molecular weight is 264 g/mol. The summed E-state index contributed by atoms with van der Waals surface area (Å²) in [6.45, 7) is 13.0. The van der Waals surface area contributed by atoms with Crippen molar-refractivity contribution in [3.8, 4) is 0 Å². The largest absolute Gasteiger partial charge is 0.457 e. The fraction of sp³-hybridized carbons (Fsp3) is 0.824. The number of carbonyl (C=O) groups excluding carboxylic acids is 1. The number of allylic oxidation sites excluding steroid dienone is 1. The molecule has 108 valence electrons. The molecule has 3 atom stereocenters. The maximum absolute atomic E-state index is 11.5. The molecule has 0 N–H and O–H groups in total. The number of hydrogen-bond donors (Lipinski definition) is 0. The minimum atomic E-state index is -0.146. The SMILES string of the molecule is CC(=O)O[C@H]1C2=C(CC[C@H]2C)[C@@H](C(C)C)CC1(C)C. The molecule has 0 aliphatic heterocycles. The molecular formula is C17H28O2. The van der Waals surface area contributed by atoms with Crippen LogP contribution in [0, 0.1) is 23.2 Å². The van der Waals surface area contributed by atoms with Crippen LogP contribution in [0.3, 0.4) is 0 Å². The Kier molecular flexibility index (Phi) is 3.81. The summed E-state index contributed by atoms with van der Waals surface area (Å²) in [7, 11) is 0. The van der Waals surface area contributed by atoms with Crippen molar-refractivity contribution in [1.82, 2.24) is 0 Å². The van der Waals surface area contributed by atoms with E-state index in [0.29, 0.717) is 17.8 Å². The summed E-state index contributed by atoms with van der Waals surface area (Å²) in [5.41, 5.74) is 3.11. The van der Waals surface area contributed by atoms with Crippen LogP contribution in [0.25, 0.3) is 0 Å². The van der Waals surface area contributed by atoms with E-state index >= 15 is 0 Å². The predicted molar refractivity (Wildman–Crippen MR) is 77.7 cm³/mol. The molecule has 19 heavy (non-hydrogen) atoms. The minimum absolute atomic E-state index is 0.00694. The molecule has 0 spiro atoms. The lowest BCUT2D eigenvalue weighted by molar-refractivity contribution is -0.151. The second kappa shape index (κ2) is 4.96. The van der Waals surface area contributed by atoms with E-state index in [1.807, 2.05) is 0 Å². The molecule has 2 aliphatic rings. The molecule has 0 aromatic heterocycles. The van der Waals surface area contributed by atoms with Crippen molar-refractivity contribution in [2.24, 2.45) is 23.2 Å². The summed E-state index contributed by atoms with van der Waals surface area (Å²) in [4.78, 5) is 11.5. The Morgan fingerprint density at radius 2 is 2.00 bits per heavy atom. The van der Waals surface area contributed by atoms with Crippen LogP contribution in [0.15, 0.2) is 11.1 Å². The van der Waals surface area contributed by atoms with Gasteiger partial charge in [0.2, 0.25) is 0 Å². The standard InChI is InChI=1S/C17H28O2/c1-10(2)14-9-17(5,6)16(19-12(4)18)15-11(3)7-8-13(14)15/h10-11,14,16H,7-9H2,1-6H3/t11-,14-,16+/m1/s1. The minimum Gasteiger partial charge on any atom is -0.457 e. The highest BCUT2D eigenvalue weighted by atomic mass is 16.5. The first-order valence-electron chi connectivity index (χ1n) is 7.64. The van der Waals surface area contributed by atoms with Gasteiger partial charge in [-0.15, -0.1) is 0 Å². The second-order valence-electron chi connectivity index (χ2n) is 7.45. The number of carbonyl (C=O) groups is 1. The first-order valence-corrected chi connectivity index (χ1v) is 7.64. The van der Waals surface area contributed by atoms with Gasteiger partial charge in [0.15, 0.2) is 0 Å². The third kappa shape index (κ3) is 2.59. The van der Waals surface area contributed by atoms with Crippen molar-refractivity contribution in [3.05, 3.63) is 11.1 Å². The lowest BCUT2D eigenvalue weighted by Crippen LogP contribution is -2.42. The average Bonchev–Trinajstić information content (AvgIpc) is 2.63. The Labute approximate surface area is 117 Å². The molecular weight excluding hydrogens is 236 g/mol. The summed E-state index contributed by atoms with van der Waals surface area (Å²) in [5, 5.41) is 0. The Balaban J connectivity index is 2.44. The van der Waals surface area contributed by atoms with E-state index in [-0.39, 0.29) is 17.5 Å². The van der Waals surface area contributed by atoms with Gasteiger partial charge in [0.25, 0.3) is 0 Å². The molecule has 2 nitrogen and oxygen atoms in total. The van der Waals surface area contributed by atoms with E-state index < -0.39 is 0 Å². The highest BCUT2D eigenvalue weighted by Gasteiger charge is 2.47. The van der Waals surface area contributed by atoms with E-state index in [4.69, 9.17) is 4.74 Å². The third-order valence-corrected chi connectivity index (χ3v) is 5.02. The summed E-state index contributed by atoms with van der Waals surface area (Å²) < 4.78 is 5.72. The first-order chi connectivity index (χ1) is 8.74. The van der Waals surface area contributed by atoms with Crippen molar-refractivity contribution in [3.63, 3.8) is 0 Å². The van der Waals surface area contributed by atoms with E-state index in [1.54, 1.807) is 5.57 Å². The smallest absolute Gasteiger partial charge is 0.303 e. The lowest BCUT2D eigenvalue weighted by Gasteiger charge is -2.45. The van der Waals surface area contributed by atoms with E-state index in [1.165, 1.54) is 25.3 Å². The Morgan fingerprint density at radius 1 is 1.37 bits per heavy atom. The van der Waals surface area contributed by atoms with Gasteiger partial charge in [-0.3, -0.25) is 4.79 Å². The predicted octanol–water partition coefficient (Wildman–Crippen LogP) is 4.35. The van der Waals surface area contributed by atoms with Crippen molar-refractivity contribution in [2.75, 3.05) is 0 Å². The van der Waals surface area contributed by atoms with Crippen LogP contribution in [0.2, 0.25) is 0 Å². The fourth-order valence-corrected chi connectivity index (χ4v) is 4.06. The van der Waals surface area contributed by atoms with Crippen LogP contribution < -0.4 is 0 Å². The summed E-state index contributed by atoms with van der Waals surface area (Å²) in [5.74, 6) is 1.77. The number of ether oxygens (including phenoxy) is 1. The van der Waals surface area contributed by atoms with Gasteiger partial charge in [-0.05, 0) is 42.6 Å². The summed E-state index contributed by atoms with van der Waals surface area (Å²) in [6.07, 6.45) is 3.55. The molecule has 0 amide bonds. The van der Waals surface area contributed by atoms with Crippen molar-refractivity contribution >= 4 is 5.97 Å². The van der Waals surface area contributed by atoms with Crippen molar-refractivity contribution < 1.29 is 9.53 Å². The van der Waals surface area contributed by atoms with Crippen LogP contribution in [-0.4, -0.2) is 12.1 Å². The summed E-state index contributed by atoms with van der Waals surface area (Å²) >= 11 is 0. The van der Waals surface area contributed by atoms with Gasteiger partial charge in [-0.25, -0.2) is 0 Å². The molecule has 0 unspecified atom stereocenters. The van der Waals surface area contributed by atoms with Crippen molar-refractivity contribution in [1.29, 1.82) is 0 Å². The molecule has 0 heterocycles. The molecule has 2 heteroatoms. The zero-order valence-electron chi connectivity index (χ0n) is 13.2. The van der Waals surface area contributed by atoms with Crippen LogP contribution >= 0.6 is 0 Å². The van der Waals surface area contributed by atoms with Crippen LogP contribution in [0.1, 0.15) is 60.8 Å². The van der Waals surface area contributed by atoms with Gasteiger partial charge >= 0.3 is 5.97 Å². The molecule has 0 radical (unpaired) electrons. The van der Waals surface area contributed by atoms with Crippen LogP contribution in [0.4, 0.5) is 0 Å². The highest BCUT2D eigenvalue weighted by Crippen LogP contribution is 2.53. The lowest BCUT2D eigenvalue weighted by atomic mass is 9.64. The number of rotatable bonds is 2. The highest BCUT2D eigenvalue weighted by molar-refractivity contribution is 5.66. The number of hydrogen-bond acceptors (Lipinski definition) is 2. The maximum atomic E-state index is 11.5. The molecule has 0 aromatic carbocycles. The topological polar surface area (TPSA) is 26.3 Å². The zero-order chi connectivity index (χ0) is 14.4. The summed E-state index contributed by atoms with van der Waals surface area (Å²) in [6, 6.07) is 0. The second-order valence-corrected chi connectivity index (χ2v) is 7.45. The normalized spacial score (nSPS) is 33.5. The molecule has 0 saturated heterocycles. The quantitative estimate of drug-likeness (QED) is 0.547.